The molecule has 3 rings (SSSR count). The highest BCUT2D eigenvalue weighted by Crippen LogP contribution is 2.24. The highest BCUT2D eigenvalue weighted by atomic mass is 16.4. The predicted molar refractivity (Wildman–Crippen MR) is 87.6 cm³/mol. The fourth-order valence-corrected chi connectivity index (χ4v) is 3.17. The van der Waals surface area contributed by atoms with E-state index in [-0.39, 0.29) is 12.5 Å². The Balaban J connectivity index is 1.94. The Bertz CT molecular complexity index is 738. The van der Waals surface area contributed by atoms with Gasteiger partial charge in [-0.05, 0) is 18.1 Å². The molecule has 0 spiro atoms. The van der Waals surface area contributed by atoms with Crippen molar-refractivity contribution >= 4 is 22.8 Å². The van der Waals surface area contributed by atoms with Crippen molar-refractivity contribution in [3.05, 3.63) is 35.5 Å². The lowest BCUT2D eigenvalue weighted by Gasteiger charge is -2.22. The fourth-order valence-electron chi connectivity index (χ4n) is 3.17. The molecule has 6 nitrogen and oxygen atoms in total. The molecular formula is C17H21N3O3. The second-order valence-corrected chi connectivity index (χ2v) is 5.87. The fraction of sp³-hybridized carbons (Fsp3) is 0.412. The van der Waals surface area contributed by atoms with Gasteiger partial charge in [-0.15, -0.1) is 0 Å². The molecule has 0 aliphatic carbocycles. The third kappa shape index (κ3) is 2.94. The van der Waals surface area contributed by atoms with E-state index in [0.717, 1.165) is 22.9 Å². The molecule has 1 fully saturated rings. The first-order valence-corrected chi connectivity index (χ1v) is 7.94. The normalized spacial score (nSPS) is 18.8. The number of carbonyl (C=O) groups is 2. The lowest BCUT2D eigenvalue weighted by atomic mass is 10.1. The molecule has 1 atom stereocenters. The molecule has 23 heavy (non-hydrogen) atoms. The van der Waals surface area contributed by atoms with Gasteiger partial charge in [-0.25, -0.2) is 0 Å². The van der Waals surface area contributed by atoms with Gasteiger partial charge in [-0.3, -0.25) is 9.59 Å². The summed E-state index contributed by atoms with van der Waals surface area (Å²) in [5.74, 6) is -1.56. The molecule has 2 heterocycles. The number of aromatic amines is 1. The van der Waals surface area contributed by atoms with Crippen molar-refractivity contribution < 1.29 is 14.7 Å². The Kier molecular flexibility index (Phi) is 4.34. The number of hydrogen-bond donors (Lipinski definition) is 3. The van der Waals surface area contributed by atoms with Gasteiger partial charge in [0.25, 0.3) is 5.91 Å². The van der Waals surface area contributed by atoms with Crippen LogP contribution in [0, 0.1) is 5.92 Å². The number of aromatic nitrogens is 1. The topological polar surface area (TPSA) is 85.4 Å². The van der Waals surface area contributed by atoms with Gasteiger partial charge in [-0.1, -0.05) is 25.1 Å². The molecular weight excluding hydrogens is 294 g/mol. The zero-order valence-corrected chi connectivity index (χ0v) is 13.1. The van der Waals surface area contributed by atoms with Crippen LogP contribution < -0.4 is 5.32 Å². The van der Waals surface area contributed by atoms with Crippen LogP contribution in [0.25, 0.3) is 10.9 Å². The third-order valence-corrected chi connectivity index (χ3v) is 4.41. The third-order valence-electron chi connectivity index (χ3n) is 4.41. The minimum absolute atomic E-state index is 0.118. The number of hydrogen-bond acceptors (Lipinski definition) is 3. The second kappa shape index (κ2) is 6.42. The first kappa shape index (κ1) is 15.6. The SMILES string of the molecule is CCc1c(C(=O)N2CCNC[C@H](C(=O)O)C2)[nH]c2ccccc12. The number of fused-ring (bicyclic) bond motifs is 1. The van der Waals surface area contributed by atoms with Crippen LogP contribution in [0.1, 0.15) is 23.0 Å². The Hall–Kier alpha value is -2.34. The van der Waals surface area contributed by atoms with Crippen LogP contribution in [0.2, 0.25) is 0 Å². The summed E-state index contributed by atoms with van der Waals surface area (Å²) in [6.45, 7) is 3.78. The average molecular weight is 315 g/mol. The summed E-state index contributed by atoms with van der Waals surface area (Å²) < 4.78 is 0. The van der Waals surface area contributed by atoms with Crippen molar-refractivity contribution in [2.75, 3.05) is 26.2 Å². The van der Waals surface area contributed by atoms with Crippen LogP contribution in [0.3, 0.4) is 0 Å². The number of aliphatic carboxylic acids is 1. The van der Waals surface area contributed by atoms with Crippen LogP contribution in [0.4, 0.5) is 0 Å². The van der Waals surface area contributed by atoms with E-state index < -0.39 is 11.9 Å². The van der Waals surface area contributed by atoms with E-state index in [1.807, 2.05) is 31.2 Å². The van der Waals surface area contributed by atoms with E-state index >= 15 is 0 Å². The average Bonchev–Trinajstić information content (AvgIpc) is 2.74. The number of carboxylic acids is 1. The number of amides is 1. The van der Waals surface area contributed by atoms with E-state index in [2.05, 4.69) is 10.3 Å². The molecule has 0 radical (unpaired) electrons. The Morgan fingerprint density at radius 3 is 2.87 bits per heavy atom. The van der Waals surface area contributed by atoms with Gasteiger partial charge in [-0.2, -0.15) is 0 Å². The maximum Gasteiger partial charge on any atom is 0.309 e. The quantitative estimate of drug-likeness (QED) is 0.801. The van der Waals surface area contributed by atoms with Gasteiger partial charge < -0.3 is 20.3 Å². The summed E-state index contributed by atoms with van der Waals surface area (Å²) in [5, 5.41) is 13.4. The number of para-hydroxylation sites is 1. The molecule has 1 aliphatic heterocycles. The zero-order chi connectivity index (χ0) is 16.4. The number of benzene rings is 1. The smallest absolute Gasteiger partial charge is 0.309 e. The van der Waals surface area contributed by atoms with Crippen LogP contribution in [-0.2, 0) is 11.2 Å². The number of carbonyl (C=O) groups excluding carboxylic acids is 1. The summed E-state index contributed by atoms with van der Waals surface area (Å²) in [6, 6.07) is 7.85. The maximum absolute atomic E-state index is 12.9. The van der Waals surface area contributed by atoms with Gasteiger partial charge in [0.2, 0.25) is 0 Å². The highest BCUT2D eigenvalue weighted by Gasteiger charge is 2.29. The molecule has 6 heteroatoms. The maximum atomic E-state index is 12.9. The lowest BCUT2D eigenvalue weighted by molar-refractivity contribution is -0.141. The highest BCUT2D eigenvalue weighted by molar-refractivity contribution is 6.01. The van der Waals surface area contributed by atoms with Crippen molar-refractivity contribution in [3.63, 3.8) is 0 Å². The van der Waals surface area contributed by atoms with Crippen molar-refractivity contribution in [3.8, 4) is 0 Å². The Labute approximate surface area is 134 Å². The van der Waals surface area contributed by atoms with E-state index in [4.69, 9.17) is 0 Å². The molecule has 122 valence electrons. The molecule has 2 aromatic rings. The van der Waals surface area contributed by atoms with Gasteiger partial charge in [0.15, 0.2) is 0 Å². The minimum Gasteiger partial charge on any atom is -0.481 e. The molecule has 0 unspecified atom stereocenters. The number of H-pyrrole nitrogens is 1. The summed E-state index contributed by atoms with van der Waals surface area (Å²) >= 11 is 0. The molecule has 1 aliphatic rings. The summed E-state index contributed by atoms with van der Waals surface area (Å²) in [5.41, 5.74) is 2.52. The summed E-state index contributed by atoms with van der Waals surface area (Å²) in [4.78, 5) is 29.1. The zero-order valence-electron chi connectivity index (χ0n) is 13.1. The molecule has 1 amide bonds. The van der Waals surface area contributed by atoms with Crippen LogP contribution in [0.5, 0.6) is 0 Å². The lowest BCUT2D eigenvalue weighted by Crippen LogP contribution is -2.38. The minimum atomic E-state index is -0.871. The van der Waals surface area contributed by atoms with E-state index in [0.29, 0.717) is 25.3 Å². The van der Waals surface area contributed by atoms with Crippen molar-refractivity contribution in [2.24, 2.45) is 5.92 Å². The van der Waals surface area contributed by atoms with Crippen molar-refractivity contribution in [1.29, 1.82) is 0 Å². The number of nitrogens with zero attached hydrogens (tertiary/aromatic N) is 1. The number of rotatable bonds is 3. The van der Waals surface area contributed by atoms with Crippen LogP contribution in [-0.4, -0.2) is 53.0 Å². The van der Waals surface area contributed by atoms with Gasteiger partial charge in [0.1, 0.15) is 5.69 Å². The molecule has 0 bridgehead atoms. The summed E-state index contributed by atoms with van der Waals surface area (Å²) in [6.07, 6.45) is 0.750. The molecule has 3 N–H and O–H groups in total. The summed E-state index contributed by atoms with van der Waals surface area (Å²) in [7, 11) is 0. The molecule has 0 saturated carbocycles. The van der Waals surface area contributed by atoms with Gasteiger partial charge >= 0.3 is 5.97 Å². The number of aryl methyl sites for hydroxylation is 1. The van der Waals surface area contributed by atoms with Gasteiger partial charge in [0, 0.05) is 37.1 Å². The molecule has 1 saturated heterocycles. The largest absolute Gasteiger partial charge is 0.481 e. The monoisotopic (exact) mass is 315 g/mol. The first-order chi connectivity index (χ1) is 11.1. The predicted octanol–water partition coefficient (Wildman–Crippen LogP) is 1.48. The molecule has 1 aromatic carbocycles. The van der Waals surface area contributed by atoms with Crippen molar-refractivity contribution in [1.82, 2.24) is 15.2 Å². The van der Waals surface area contributed by atoms with E-state index in [9.17, 15) is 14.7 Å². The van der Waals surface area contributed by atoms with Gasteiger partial charge in [0.05, 0.1) is 5.92 Å². The van der Waals surface area contributed by atoms with E-state index in [1.54, 1.807) is 4.90 Å². The Morgan fingerprint density at radius 1 is 1.35 bits per heavy atom. The van der Waals surface area contributed by atoms with Crippen LogP contribution in [0.15, 0.2) is 24.3 Å². The number of nitrogens with one attached hydrogen (secondary N) is 2. The van der Waals surface area contributed by atoms with E-state index in [1.165, 1.54) is 0 Å². The standard InChI is InChI=1S/C17H21N3O3/c1-2-12-13-5-3-4-6-14(13)19-15(12)16(21)20-8-7-18-9-11(10-20)17(22)23/h3-6,11,18-19H,2,7-10H2,1H3,(H,22,23)/t11-/m0/s1. The molecule has 1 aromatic heterocycles. The Morgan fingerprint density at radius 2 is 2.13 bits per heavy atom. The second-order valence-electron chi connectivity index (χ2n) is 5.87. The number of carboxylic acid groups (broad SMARTS) is 1. The first-order valence-electron chi connectivity index (χ1n) is 7.94. The van der Waals surface area contributed by atoms with Crippen molar-refractivity contribution in [2.45, 2.75) is 13.3 Å². The van der Waals surface area contributed by atoms with Crippen LogP contribution >= 0.6 is 0 Å².